The third kappa shape index (κ3) is 3.68. The van der Waals surface area contributed by atoms with Crippen molar-refractivity contribution < 1.29 is 9.53 Å². The van der Waals surface area contributed by atoms with E-state index < -0.39 is 5.97 Å². The van der Waals surface area contributed by atoms with Gasteiger partial charge in [-0.05, 0) is 46.1 Å². The molecule has 0 bridgehead atoms. The predicted octanol–water partition coefficient (Wildman–Crippen LogP) is 2.83. The van der Waals surface area contributed by atoms with Gasteiger partial charge in [-0.15, -0.1) is 0 Å². The van der Waals surface area contributed by atoms with Gasteiger partial charge >= 0.3 is 5.97 Å². The minimum atomic E-state index is -0.444. The molecule has 7 nitrogen and oxygen atoms in total. The minimum Gasteiger partial charge on any atom is -0.457 e. The van der Waals surface area contributed by atoms with Crippen LogP contribution in [-0.2, 0) is 4.74 Å². The number of carbonyl (C=O) groups is 1. The van der Waals surface area contributed by atoms with Crippen molar-refractivity contribution in [1.29, 1.82) is 5.26 Å². The van der Waals surface area contributed by atoms with Gasteiger partial charge in [-0.3, -0.25) is 0 Å². The average Bonchev–Trinajstić information content (AvgIpc) is 2.96. The van der Waals surface area contributed by atoms with Crippen molar-refractivity contribution in [2.24, 2.45) is 5.92 Å². The second-order valence-electron chi connectivity index (χ2n) is 6.49. The molecule has 3 rings (SSSR count). The van der Waals surface area contributed by atoms with Crippen molar-refractivity contribution in [2.75, 3.05) is 0 Å². The lowest BCUT2D eigenvalue weighted by Gasteiger charge is -2.26. The summed E-state index contributed by atoms with van der Waals surface area (Å²) in [6.45, 7) is 5.52. The van der Waals surface area contributed by atoms with E-state index in [1.807, 2.05) is 19.9 Å². The van der Waals surface area contributed by atoms with Crippen LogP contribution in [0, 0.1) is 38.0 Å². The van der Waals surface area contributed by atoms with Gasteiger partial charge in [0.25, 0.3) is 5.95 Å². The van der Waals surface area contributed by atoms with Gasteiger partial charge in [0.2, 0.25) is 0 Å². The molecule has 0 saturated heterocycles. The lowest BCUT2D eigenvalue weighted by molar-refractivity contribution is 0.0107. The summed E-state index contributed by atoms with van der Waals surface area (Å²) in [5, 5.41) is 13.6. The third-order valence-electron chi connectivity index (χ3n) is 4.42. The highest BCUT2D eigenvalue weighted by Gasteiger charge is 2.29. The first-order valence-corrected chi connectivity index (χ1v) is 8.47. The van der Waals surface area contributed by atoms with Gasteiger partial charge in [0.1, 0.15) is 11.7 Å². The van der Waals surface area contributed by atoms with Crippen LogP contribution in [0.3, 0.4) is 0 Å². The van der Waals surface area contributed by atoms with E-state index in [-0.39, 0.29) is 12.0 Å². The molecule has 0 aliphatic heterocycles. The topological polar surface area (TPSA) is 93.7 Å². The number of nitriles is 1. The fraction of sp³-hybridized carbons (Fsp3) is 0.500. The molecule has 130 valence electrons. The lowest BCUT2D eigenvalue weighted by atomic mass is 9.87. The number of aromatic nitrogens is 4. The number of carbonyl (C=O) groups excluding carboxylic acids is 1. The molecule has 7 heteroatoms. The van der Waals surface area contributed by atoms with Crippen LogP contribution in [0.2, 0.25) is 0 Å². The Morgan fingerprint density at radius 1 is 1.24 bits per heavy atom. The Balaban J connectivity index is 1.82. The molecule has 0 radical (unpaired) electrons. The summed E-state index contributed by atoms with van der Waals surface area (Å²) in [4.78, 5) is 21.3. The van der Waals surface area contributed by atoms with Gasteiger partial charge in [-0.2, -0.15) is 10.4 Å². The van der Waals surface area contributed by atoms with Crippen LogP contribution in [0.25, 0.3) is 5.95 Å². The molecule has 0 N–H and O–H groups in total. The Bertz CT molecular complexity index is 816. The van der Waals surface area contributed by atoms with Crippen LogP contribution < -0.4 is 0 Å². The van der Waals surface area contributed by atoms with Crippen molar-refractivity contribution in [3.05, 3.63) is 34.9 Å². The van der Waals surface area contributed by atoms with Gasteiger partial charge in [0, 0.05) is 17.6 Å². The predicted molar refractivity (Wildman–Crippen MR) is 90.1 cm³/mol. The summed E-state index contributed by atoms with van der Waals surface area (Å²) < 4.78 is 7.10. The summed E-state index contributed by atoms with van der Waals surface area (Å²) >= 11 is 0. The van der Waals surface area contributed by atoms with E-state index in [9.17, 15) is 10.1 Å². The molecule has 2 heterocycles. The molecular weight excluding hydrogens is 318 g/mol. The van der Waals surface area contributed by atoms with Gasteiger partial charge in [0.15, 0.2) is 0 Å². The average molecular weight is 339 g/mol. The molecular formula is C18H21N5O2. The molecule has 0 aromatic carbocycles. The van der Waals surface area contributed by atoms with E-state index in [2.05, 4.69) is 21.1 Å². The number of ether oxygens (including phenoxy) is 1. The quantitative estimate of drug-likeness (QED) is 0.798. The van der Waals surface area contributed by atoms with Crippen LogP contribution in [0.4, 0.5) is 0 Å². The zero-order valence-corrected chi connectivity index (χ0v) is 14.7. The third-order valence-corrected chi connectivity index (χ3v) is 4.42. The van der Waals surface area contributed by atoms with Crippen molar-refractivity contribution in [2.45, 2.75) is 52.6 Å². The van der Waals surface area contributed by atoms with Crippen LogP contribution in [0.1, 0.15) is 53.1 Å². The number of hydrogen-bond donors (Lipinski definition) is 0. The van der Waals surface area contributed by atoms with Crippen LogP contribution >= 0.6 is 0 Å². The number of rotatable bonds is 3. The summed E-state index contributed by atoms with van der Waals surface area (Å²) in [6, 6.07) is 4.13. The fourth-order valence-corrected chi connectivity index (χ4v) is 3.16. The van der Waals surface area contributed by atoms with E-state index >= 15 is 0 Å². The van der Waals surface area contributed by atoms with Crippen LogP contribution in [-0.4, -0.2) is 31.8 Å². The Kier molecular flexibility index (Phi) is 4.79. The Morgan fingerprint density at radius 3 is 2.60 bits per heavy atom. The second kappa shape index (κ2) is 7.01. The first-order chi connectivity index (χ1) is 12.0. The molecule has 1 fully saturated rings. The van der Waals surface area contributed by atoms with Crippen molar-refractivity contribution in [3.8, 4) is 12.0 Å². The number of aryl methyl sites for hydroxylation is 3. The minimum absolute atomic E-state index is 0.226. The Hall–Kier alpha value is -2.75. The number of hydrogen-bond acceptors (Lipinski definition) is 6. The standard InChI is InChI=1S/C18H21N5O2/c1-11-8-12(2)21-18(20-11)23-10-15(13(3)22-23)17(24)25-16-7-5-4-6-14(16)9-19/h8,10,14,16H,4-7H2,1-3H3/t14-,16+/m1/s1. The molecule has 2 aromatic heterocycles. The molecule has 0 unspecified atom stereocenters. The molecule has 2 aromatic rings. The first kappa shape index (κ1) is 17.1. The largest absolute Gasteiger partial charge is 0.457 e. The normalized spacial score (nSPS) is 20.1. The molecule has 1 aliphatic carbocycles. The van der Waals surface area contributed by atoms with E-state index in [4.69, 9.17) is 4.74 Å². The lowest BCUT2D eigenvalue weighted by Crippen LogP contribution is -2.29. The van der Waals surface area contributed by atoms with Crippen molar-refractivity contribution in [3.63, 3.8) is 0 Å². The van der Waals surface area contributed by atoms with Gasteiger partial charge in [0.05, 0.1) is 17.7 Å². The van der Waals surface area contributed by atoms with Gasteiger partial charge in [-0.25, -0.2) is 19.4 Å². The molecule has 0 amide bonds. The molecule has 25 heavy (non-hydrogen) atoms. The van der Waals surface area contributed by atoms with Crippen molar-refractivity contribution >= 4 is 5.97 Å². The highest BCUT2D eigenvalue weighted by molar-refractivity contribution is 5.90. The molecule has 0 spiro atoms. The molecule has 1 aliphatic rings. The highest BCUT2D eigenvalue weighted by Crippen LogP contribution is 2.27. The fourth-order valence-electron chi connectivity index (χ4n) is 3.16. The number of esters is 1. The Labute approximate surface area is 146 Å². The second-order valence-corrected chi connectivity index (χ2v) is 6.49. The van der Waals surface area contributed by atoms with E-state index in [0.29, 0.717) is 17.2 Å². The van der Waals surface area contributed by atoms with E-state index in [1.54, 1.807) is 13.1 Å². The summed E-state index contributed by atoms with van der Waals surface area (Å²) in [7, 11) is 0. The van der Waals surface area contributed by atoms with E-state index in [1.165, 1.54) is 4.68 Å². The maximum atomic E-state index is 12.5. The van der Waals surface area contributed by atoms with E-state index in [0.717, 1.165) is 37.1 Å². The van der Waals surface area contributed by atoms with Crippen LogP contribution in [0.5, 0.6) is 0 Å². The summed E-state index contributed by atoms with van der Waals surface area (Å²) in [5.74, 6) is -0.247. The molecule has 2 atom stereocenters. The zero-order valence-electron chi connectivity index (χ0n) is 14.7. The van der Waals surface area contributed by atoms with Crippen molar-refractivity contribution in [1.82, 2.24) is 19.7 Å². The first-order valence-electron chi connectivity index (χ1n) is 8.47. The van der Waals surface area contributed by atoms with Gasteiger partial charge in [-0.1, -0.05) is 6.42 Å². The summed E-state index contributed by atoms with van der Waals surface area (Å²) in [6.07, 6.45) is 4.75. The maximum absolute atomic E-state index is 12.5. The number of nitrogens with zero attached hydrogens (tertiary/aromatic N) is 5. The smallest absolute Gasteiger partial charge is 0.341 e. The molecule has 1 saturated carbocycles. The highest BCUT2D eigenvalue weighted by atomic mass is 16.5. The monoisotopic (exact) mass is 339 g/mol. The zero-order chi connectivity index (χ0) is 18.0. The van der Waals surface area contributed by atoms with Crippen LogP contribution in [0.15, 0.2) is 12.3 Å². The maximum Gasteiger partial charge on any atom is 0.341 e. The Morgan fingerprint density at radius 2 is 1.92 bits per heavy atom. The van der Waals surface area contributed by atoms with Gasteiger partial charge < -0.3 is 4.74 Å². The SMILES string of the molecule is Cc1cc(C)nc(-n2cc(C(=O)O[C@H]3CCCC[C@@H]3C#N)c(C)n2)n1. The summed E-state index contributed by atoms with van der Waals surface area (Å²) in [5.41, 5.74) is 2.60.